The van der Waals surface area contributed by atoms with Crippen molar-refractivity contribution in [2.75, 3.05) is 6.61 Å². The van der Waals surface area contributed by atoms with E-state index in [4.69, 9.17) is 16.4 Å². The largest absolute Gasteiger partial charge is 0.392 e. The van der Waals surface area contributed by atoms with Gasteiger partial charge < -0.3 is 15.5 Å². The molecule has 2 aromatic rings. The van der Waals surface area contributed by atoms with Crippen LogP contribution in [0.1, 0.15) is 26.3 Å². The molecular formula is C18H16ClN3O3. The van der Waals surface area contributed by atoms with Crippen molar-refractivity contribution in [3.63, 3.8) is 0 Å². The molecule has 7 heteroatoms. The average Bonchev–Trinajstić information content (AvgIpc) is 3.05. The maximum absolute atomic E-state index is 12.5. The van der Waals surface area contributed by atoms with Gasteiger partial charge >= 0.3 is 0 Å². The van der Waals surface area contributed by atoms with Gasteiger partial charge in [0, 0.05) is 6.54 Å². The number of benzene rings is 2. The third-order valence-electron chi connectivity index (χ3n) is 3.70. The van der Waals surface area contributed by atoms with Crippen molar-refractivity contribution < 1.29 is 14.4 Å². The van der Waals surface area contributed by atoms with Crippen LogP contribution in [0.25, 0.3) is 0 Å². The van der Waals surface area contributed by atoms with E-state index in [-0.39, 0.29) is 23.2 Å². The van der Waals surface area contributed by atoms with Crippen LogP contribution in [-0.4, -0.2) is 29.6 Å². The number of amides is 2. The van der Waals surface area contributed by atoms with Crippen LogP contribution in [-0.2, 0) is 11.4 Å². The molecule has 25 heavy (non-hydrogen) atoms. The molecule has 1 aliphatic rings. The normalized spacial score (nSPS) is 15.9. The second-order valence-corrected chi connectivity index (χ2v) is 5.84. The maximum Gasteiger partial charge on any atom is 0.252 e. The molecule has 1 heterocycles. The van der Waals surface area contributed by atoms with Crippen LogP contribution in [0.4, 0.5) is 0 Å². The molecular weight excluding hydrogens is 342 g/mol. The highest BCUT2D eigenvalue weighted by Gasteiger charge is 2.25. The van der Waals surface area contributed by atoms with Gasteiger partial charge in [-0.05, 0) is 17.7 Å². The lowest BCUT2D eigenvalue weighted by Gasteiger charge is -2.13. The quantitative estimate of drug-likeness (QED) is 0.861. The van der Waals surface area contributed by atoms with Crippen LogP contribution in [0.5, 0.6) is 0 Å². The van der Waals surface area contributed by atoms with E-state index in [9.17, 15) is 9.59 Å². The highest BCUT2D eigenvalue weighted by Crippen LogP contribution is 2.12. The topological polar surface area (TPSA) is 79.8 Å². The minimum absolute atomic E-state index is 0.174. The molecule has 2 aromatic carbocycles. The highest BCUT2D eigenvalue weighted by atomic mass is 35.5. The number of carbonyl (C=O) groups excluding carboxylic acids is 2. The zero-order valence-electron chi connectivity index (χ0n) is 13.2. The van der Waals surface area contributed by atoms with Gasteiger partial charge in [0.2, 0.25) is 0 Å². The van der Waals surface area contributed by atoms with E-state index in [0.29, 0.717) is 12.1 Å². The molecule has 1 aliphatic heterocycles. The number of nitrogens with zero attached hydrogens (tertiary/aromatic N) is 1. The Morgan fingerprint density at radius 1 is 1.04 bits per heavy atom. The summed E-state index contributed by atoms with van der Waals surface area (Å²) in [5, 5.41) is 9.28. The summed E-state index contributed by atoms with van der Waals surface area (Å²) in [6.07, 6.45) is 0. The van der Waals surface area contributed by atoms with Crippen molar-refractivity contribution >= 4 is 28.6 Å². The van der Waals surface area contributed by atoms with Crippen molar-refractivity contribution in [1.82, 2.24) is 10.6 Å². The Bertz CT molecular complexity index is 808. The molecule has 0 radical (unpaired) electrons. The smallest absolute Gasteiger partial charge is 0.252 e. The Morgan fingerprint density at radius 2 is 1.68 bits per heavy atom. The van der Waals surface area contributed by atoms with Crippen molar-refractivity contribution in [1.29, 1.82) is 0 Å². The number of oxime groups is 1. The SMILES string of the molecule is O=C(NCc1ccccc1)c1ccccc1C(=O)NC1CON=C1Cl. The summed E-state index contributed by atoms with van der Waals surface area (Å²) in [6, 6.07) is 15.6. The van der Waals surface area contributed by atoms with E-state index in [2.05, 4.69) is 15.8 Å². The van der Waals surface area contributed by atoms with Crippen molar-refractivity contribution in [2.24, 2.45) is 5.16 Å². The van der Waals surface area contributed by atoms with E-state index < -0.39 is 11.9 Å². The van der Waals surface area contributed by atoms with E-state index in [1.54, 1.807) is 24.3 Å². The molecule has 0 saturated carbocycles. The van der Waals surface area contributed by atoms with Crippen LogP contribution in [0, 0.1) is 0 Å². The zero-order valence-corrected chi connectivity index (χ0v) is 14.0. The number of nitrogens with one attached hydrogen (secondary N) is 2. The van der Waals surface area contributed by atoms with Gasteiger partial charge in [-0.1, -0.05) is 59.2 Å². The summed E-state index contributed by atoms with van der Waals surface area (Å²) in [5.41, 5.74) is 1.54. The van der Waals surface area contributed by atoms with E-state index in [1.165, 1.54) is 0 Å². The van der Waals surface area contributed by atoms with Crippen LogP contribution < -0.4 is 10.6 Å². The summed E-state index contributed by atoms with van der Waals surface area (Å²) < 4.78 is 0. The van der Waals surface area contributed by atoms with Gasteiger partial charge in [0.1, 0.15) is 12.6 Å². The highest BCUT2D eigenvalue weighted by molar-refractivity contribution is 6.67. The fraction of sp³-hybridized carbons (Fsp3) is 0.167. The van der Waals surface area contributed by atoms with Crippen LogP contribution in [0.2, 0.25) is 0 Å². The van der Waals surface area contributed by atoms with E-state index in [1.807, 2.05) is 30.3 Å². The van der Waals surface area contributed by atoms with Crippen molar-refractivity contribution in [3.8, 4) is 0 Å². The van der Waals surface area contributed by atoms with Gasteiger partial charge in [0.05, 0.1) is 11.1 Å². The molecule has 0 aromatic heterocycles. The Balaban J connectivity index is 1.70. The van der Waals surface area contributed by atoms with Gasteiger partial charge in [-0.3, -0.25) is 9.59 Å². The Hall–Kier alpha value is -2.86. The van der Waals surface area contributed by atoms with Gasteiger partial charge in [-0.15, -0.1) is 0 Å². The first kappa shape index (κ1) is 17.0. The van der Waals surface area contributed by atoms with Gasteiger partial charge in [-0.2, -0.15) is 0 Å². The minimum Gasteiger partial charge on any atom is -0.392 e. The standard InChI is InChI=1S/C18H16ClN3O3/c19-16-15(11-25-22-16)21-18(24)14-9-5-4-8-13(14)17(23)20-10-12-6-2-1-3-7-12/h1-9,15H,10-11H2,(H,20,23)(H,21,24). The van der Waals surface area contributed by atoms with Gasteiger partial charge in [0.25, 0.3) is 11.8 Å². The Morgan fingerprint density at radius 3 is 2.32 bits per heavy atom. The summed E-state index contributed by atoms with van der Waals surface area (Å²) in [6.45, 7) is 0.553. The number of carbonyl (C=O) groups is 2. The summed E-state index contributed by atoms with van der Waals surface area (Å²) >= 11 is 5.86. The molecule has 1 unspecified atom stereocenters. The lowest BCUT2D eigenvalue weighted by molar-refractivity contribution is 0.0901. The maximum atomic E-state index is 12.5. The molecule has 2 amide bonds. The lowest BCUT2D eigenvalue weighted by atomic mass is 10.1. The predicted octanol–water partition coefficient (Wildman–Crippen LogP) is 2.30. The molecule has 0 aliphatic carbocycles. The van der Waals surface area contributed by atoms with Gasteiger partial charge in [-0.25, -0.2) is 0 Å². The first-order chi connectivity index (χ1) is 12.1. The fourth-order valence-electron chi connectivity index (χ4n) is 2.40. The molecule has 128 valence electrons. The Labute approximate surface area is 149 Å². The van der Waals surface area contributed by atoms with Crippen LogP contribution >= 0.6 is 11.6 Å². The molecule has 0 saturated heterocycles. The number of rotatable bonds is 5. The Kier molecular flexibility index (Phi) is 5.30. The van der Waals surface area contributed by atoms with E-state index >= 15 is 0 Å². The zero-order chi connectivity index (χ0) is 17.6. The molecule has 0 spiro atoms. The summed E-state index contributed by atoms with van der Waals surface area (Å²) in [4.78, 5) is 29.8. The molecule has 2 N–H and O–H groups in total. The molecule has 0 fully saturated rings. The summed E-state index contributed by atoms with van der Waals surface area (Å²) in [7, 11) is 0. The van der Waals surface area contributed by atoms with E-state index in [0.717, 1.165) is 5.56 Å². The average molecular weight is 358 g/mol. The second kappa shape index (κ2) is 7.81. The lowest BCUT2D eigenvalue weighted by Crippen LogP contribution is -2.40. The molecule has 1 atom stereocenters. The second-order valence-electron chi connectivity index (χ2n) is 5.45. The molecule has 6 nitrogen and oxygen atoms in total. The first-order valence-corrected chi connectivity index (χ1v) is 8.10. The monoisotopic (exact) mass is 357 g/mol. The number of hydrogen-bond acceptors (Lipinski definition) is 4. The number of hydrogen-bond donors (Lipinski definition) is 2. The summed E-state index contributed by atoms with van der Waals surface area (Å²) in [5.74, 6) is -0.730. The predicted molar refractivity (Wildman–Crippen MR) is 94.5 cm³/mol. The van der Waals surface area contributed by atoms with Crippen molar-refractivity contribution in [3.05, 3.63) is 71.3 Å². The first-order valence-electron chi connectivity index (χ1n) is 7.72. The van der Waals surface area contributed by atoms with Gasteiger partial charge in [0.15, 0.2) is 5.17 Å². The van der Waals surface area contributed by atoms with Crippen molar-refractivity contribution in [2.45, 2.75) is 12.6 Å². The third-order valence-corrected chi connectivity index (χ3v) is 4.03. The number of halogens is 1. The third kappa shape index (κ3) is 4.16. The fourth-order valence-corrected chi connectivity index (χ4v) is 2.56. The minimum atomic E-state index is -0.505. The van der Waals surface area contributed by atoms with Crippen LogP contribution in [0.15, 0.2) is 59.8 Å². The molecule has 3 rings (SSSR count). The van der Waals surface area contributed by atoms with Crippen LogP contribution in [0.3, 0.4) is 0 Å². The molecule has 0 bridgehead atoms.